The van der Waals surface area contributed by atoms with Gasteiger partial charge in [0.15, 0.2) is 5.78 Å². The van der Waals surface area contributed by atoms with Gasteiger partial charge in [-0.25, -0.2) is 0 Å². The molecule has 0 saturated heterocycles. The zero-order valence-corrected chi connectivity index (χ0v) is 32.5. The van der Waals surface area contributed by atoms with Crippen molar-refractivity contribution in [1.82, 2.24) is 10.2 Å². The van der Waals surface area contributed by atoms with Crippen molar-refractivity contribution < 1.29 is 9.53 Å². The molecule has 0 fully saturated rings. The highest BCUT2D eigenvalue weighted by atomic mass is 16.5. The molecule has 4 heteroatoms. The average Bonchev–Trinajstić information content (AvgIpc) is 3.06. The fourth-order valence-corrected chi connectivity index (χ4v) is 6.13. The Labute approximate surface area is 295 Å². The molecule has 0 rings (SSSR count). The van der Waals surface area contributed by atoms with E-state index in [9.17, 15) is 4.79 Å². The maximum absolute atomic E-state index is 13.1. The molecule has 0 radical (unpaired) electrons. The number of carbonyl (C=O) groups is 1. The maximum atomic E-state index is 13.1. The van der Waals surface area contributed by atoms with Gasteiger partial charge in [-0.15, -0.1) is 0 Å². The maximum Gasteiger partial charge on any atom is 0.152 e. The highest BCUT2D eigenvalue weighted by Crippen LogP contribution is 2.12. The second kappa shape index (κ2) is 39.5. The third-order valence-electron chi connectivity index (χ3n) is 9.33. The van der Waals surface area contributed by atoms with Gasteiger partial charge in [-0.3, -0.25) is 4.79 Å². The molecule has 4 nitrogen and oxygen atoms in total. The van der Waals surface area contributed by atoms with Crippen LogP contribution in [0.4, 0.5) is 0 Å². The van der Waals surface area contributed by atoms with Crippen LogP contribution in [0.15, 0.2) is 24.3 Å². The number of carbonyl (C=O) groups excluding carboxylic acids is 1. The van der Waals surface area contributed by atoms with Crippen LogP contribution in [-0.2, 0) is 9.53 Å². The molecule has 0 heterocycles. The molecule has 1 unspecified atom stereocenters. The SMILES string of the molecule is CCCCCCCCC=CCCCCCCCCOCC(NCCCN(C)C)C(=O)CCCCCCCC=CCCCCCCCC. The van der Waals surface area contributed by atoms with E-state index in [1.807, 2.05) is 0 Å². The van der Waals surface area contributed by atoms with Crippen molar-refractivity contribution in [3.05, 3.63) is 24.3 Å². The number of nitrogens with one attached hydrogen (secondary N) is 1. The van der Waals surface area contributed by atoms with Gasteiger partial charge in [0, 0.05) is 13.0 Å². The van der Waals surface area contributed by atoms with Gasteiger partial charge in [-0.05, 0) is 97.8 Å². The van der Waals surface area contributed by atoms with E-state index in [1.54, 1.807) is 0 Å². The first kappa shape index (κ1) is 46.0. The van der Waals surface area contributed by atoms with Gasteiger partial charge in [0.25, 0.3) is 0 Å². The third-order valence-corrected chi connectivity index (χ3v) is 9.33. The molecule has 0 saturated carbocycles. The van der Waals surface area contributed by atoms with Crippen molar-refractivity contribution in [2.75, 3.05) is 40.4 Å². The van der Waals surface area contributed by atoms with Crippen LogP contribution in [0.2, 0.25) is 0 Å². The van der Waals surface area contributed by atoms with Gasteiger partial charge < -0.3 is 15.0 Å². The summed E-state index contributed by atoms with van der Waals surface area (Å²) in [4.78, 5) is 15.3. The molecule has 0 amide bonds. The van der Waals surface area contributed by atoms with Gasteiger partial charge in [0.05, 0.1) is 12.6 Å². The third kappa shape index (κ3) is 37.7. The zero-order valence-electron chi connectivity index (χ0n) is 32.5. The quantitative estimate of drug-likeness (QED) is 0.0526. The molecule has 47 heavy (non-hydrogen) atoms. The summed E-state index contributed by atoms with van der Waals surface area (Å²) in [6.07, 6.45) is 46.5. The lowest BCUT2D eigenvalue weighted by Gasteiger charge is -2.19. The largest absolute Gasteiger partial charge is 0.379 e. The number of Topliss-reactive ketones (excluding diaryl/α,β-unsaturated/α-hetero) is 1. The molecule has 0 aromatic carbocycles. The number of hydrogen-bond acceptors (Lipinski definition) is 4. The van der Waals surface area contributed by atoms with E-state index in [0.29, 0.717) is 18.8 Å². The van der Waals surface area contributed by atoms with Crippen LogP contribution >= 0.6 is 0 Å². The first-order valence-corrected chi connectivity index (χ1v) is 20.9. The highest BCUT2D eigenvalue weighted by Gasteiger charge is 2.17. The monoisotopic (exact) mass is 661 g/mol. The van der Waals surface area contributed by atoms with Gasteiger partial charge >= 0.3 is 0 Å². The van der Waals surface area contributed by atoms with Crippen LogP contribution in [0, 0.1) is 0 Å². The molecule has 0 bridgehead atoms. The Balaban J connectivity index is 3.88. The molecule has 0 aromatic heterocycles. The number of ether oxygens (including phenoxy) is 1. The second-order valence-corrected chi connectivity index (χ2v) is 14.5. The Morgan fingerprint density at radius 1 is 0.553 bits per heavy atom. The van der Waals surface area contributed by atoms with Gasteiger partial charge in [-0.2, -0.15) is 0 Å². The summed E-state index contributed by atoms with van der Waals surface area (Å²) in [5.74, 6) is 0.341. The molecule has 0 aliphatic heterocycles. The Bertz CT molecular complexity index is 675. The summed E-state index contributed by atoms with van der Waals surface area (Å²) < 4.78 is 6.03. The summed E-state index contributed by atoms with van der Waals surface area (Å²) in [6, 6.07) is -0.150. The Kier molecular flexibility index (Phi) is 38.7. The first-order chi connectivity index (χ1) is 23.1. The molecule has 0 aliphatic carbocycles. The number of ketones is 1. The predicted octanol–water partition coefficient (Wildman–Crippen LogP) is 12.6. The van der Waals surface area contributed by atoms with E-state index in [2.05, 4.69) is 62.5 Å². The lowest BCUT2D eigenvalue weighted by molar-refractivity contribution is -0.122. The fourth-order valence-electron chi connectivity index (χ4n) is 6.13. The van der Waals surface area contributed by atoms with Crippen LogP contribution < -0.4 is 5.32 Å². The number of rotatable bonds is 39. The van der Waals surface area contributed by atoms with Crippen LogP contribution in [0.3, 0.4) is 0 Å². The number of hydrogen-bond donors (Lipinski definition) is 1. The van der Waals surface area contributed by atoms with Crippen molar-refractivity contribution in [1.29, 1.82) is 0 Å². The predicted molar refractivity (Wildman–Crippen MR) is 210 cm³/mol. The van der Waals surface area contributed by atoms with E-state index >= 15 is 0 Å². The molecular weight excluding hydrogens is 576 g/mol. The van der Waals surface area contributed by atoms with E-state index in [-0.39, 0.29) is 6.04 Å². The molecule has 0 aliphatic rings. The summed E-state index contributed by atoms with van der Waals surface area (Å²) in [5.41, 5.74) is 0. The van der Waals surface area contributed by atoms with E-state index in [4.69, 9.17) is 4.74 Å². The summed E-state index contributed by atoms with van der Waals surface area (Å²) in [5, 5.41) is 3.52. The second-order valence-electron chi connectivity index (χ2n) is 14.5. The number of nitrogens with zero attached hydrogens (tertiary/aromatic N) is 1. The molecule has 0 spiro atoms. The molecular formula is C43H84N2O2. The molecule has 278 valence electrons. The van der Waals surface area contributed by atoms with Gasteiger partial charge in [-0.1, -0.05) is 147 Å². The van der Waals surface area contributed by atoms with Crippen LogP contribution in [0.1, 0.15) is 200 Å². The van der Waals surface area contributed by atoms with Crippen molar-refractivity contribution in [3.63, 3.8) is 0 Å². The standard InChI is InChI=1S/C43H84N2O2/c1-5-7-9-11-13-15-17-19-21-23-25-27-29-31-33-35-40-47-41-42(44-38-36-39-45(3)4)43(46)37-34-32-30-28-26-24-22-20-18-16-14-12-10-8-6-2/h19-22,42,44H,5-18,23-41H2,1-4H3. The first-order valence-electron chi connectivity index (χ1n) is 20.9. The zero-order chi connectivity index (χ0) is 34.3. The Morgan fingerprint density at radius 2 is 0.957 bits per heavy atom. The average molecular weight is 661 g/mol. The summed E-state index contributed by atoms with van der Waals surface area (Å²) in [6.45, 7) is 7.78. The van der Waals surface area contributed by atoms with Crippen LogP contribution in [-0.4, -0.2) is 57.1 Å². The minimum atomic E-state index is -0.150. The fraction of sp³-hybridized carbons (Fsp3) is 0.884. The van der Waals surface area contributed by atoms with Gasteiger partial charge in [0.1, 0.15) is 0 Å². The molecule has 0 aromatic rings. The van der Waals surface area contributed by atoms with Crippen LogP contribution in [0.5, 0.6) is 0 Å². The lowest BCUT2D eigenvalue weighted by Crippen LogP contribution is -2.41. The minimum Gasteiger partial charge on any atom is -0.379 e. The van der Waals surface area contributed by atoms with E-state index in [1.165, 1.54) is 154 Å². The van der Waals surface area contributed by atoms with Gasteiger partial charge in [0.2, 0.25) is 0 Å². The summed E-state index contributed by atoms with van der Waals surface area (Å²) in [7, 11) is 4.21. The van der Waals surface area contributed by atoms with Crippen molar-refractivity contribution in [2.24, 2.45) is 0 Å². The van der Waals surface area contributed by atoms with Crippen molar-refractivity contribution in [2.45, 2.75) is 206 Å². The van der Waals surface area contributed by atoms with Crippen LogP contribution in [0.25, 0.3) is 0 Å². The lowest BCUT2D eigenvalue weighted by atomic mass is 10.0. The topological polar surface area (TPSA) is 41.6 Å². The molecule has 1 N–H and O–H groups in total. The van der Waals surface area contributed by atoms with Crippen molar-refractivity contribution in [3.8, 4) is 0 Å². The Hall–Kier alpha value is -0.970. The summed E-state index contributed by atoms with van der Waals surface area (Å²) >= 11 is 0. The van der Waals surface area contributed by atoms with E-state index in [0.717, 1.165) is 45.4 Å². The number of allylic oxidation sites excluding steroid dienone is 4. The number of unbranched alkanes of at least 4 members (excludes halogenated alkanes) is 23. The van der Waals surface area contributed by atoms with E-state index < -0.39 is 0 Å². The minimum absolute atomic E-state index is 0.150. The normalized spacial score (nSPS) is 12.7. The highest BCUT2D eigenvalue weighted by molar-refractivity contribution is 5.84. The molecule has 1 atom stereocenters. The van der Waals surface area contributed by atoms with Crippen molar-refractivity contribution >= 4 is 5.78 Å². The Morgan fingerprint density at radius 3 is 1.40 bits per heavy atom. The smallest absolute Gasteiger partial charge is 0.152 e.